The number of benzene rings is 6. The van der Waals surface area contributed by atoms with E-state index in [9.17, 15) is 5.11 Å². The lowest BCUT2D eigenvalue weighted by atomic mass is 9.83. The highest BCUT2D eigenvalue weighted by atomic mass is 16.3. The molecule has 0 saturated carbocycles. The lowest BCUT2D eigenvalue weighted by Gasteiger charge is -2.22. The third-order valence-corrected chi connectivity index (χ3v) is 10.3. The Labute approximate surface area is 322 Å². The van der Waals surface area contributed by atoms with Gasteiger partial charge in [0, 0.05) is 27.1 Å². The van der Waals surface area contributed by atoms with Crippen molar-refractivity contribution >= 4 is 11.0 Å². The van der Waals surface area contributed by atoms with Crippen molar-refractivity contribution in [3.63, 3.8) is 0 Å². The van der Waals surface area contributed by atoms with Gasteiger partial charge in [0.05, 0.1) is 22.3 Å². The molecule has 2 aromatic heterocycles. The molecule has 0 saturated heterocycles. The second kappa shape index (κ2) is 13.6. The highest BCUT2D eigenvalue weighted by molar-refractivity contribution is 5.97. The van der Waals surface area contributed by atoms with E-state index >= 15 is 0 Å². The monoisotopic (exact) mass is 706 g/mol. The second-order valence-electron chi connectivity index (χ2n) is 15.4. The number of aryl methyl sites for hydroxylation is 4. The number of hydrogen-bond donors (Lipinski definition) is 1. The molecule has 2 heterocycles. The van der Waals surface area contributed by atoms with Gasteiger partial charge in [-0.3, -0.25) is 9.55 Å². The number of phenols is 1. The summed E-state index contributed by atoms with van der Waals surface area (Å²) in [7, 11) is 0. The minimum absolute atomic E-state index is 0.132. The minimum Gasteiger partial charge on any atom is -0.507 e. The Hall–Kier alpha value is -6.26. The summed E-state index contributed by atoms with van der Waals surface area (Å²) in [5.74, 6) is 0.651. The Morgan fingerprint density at radius 2 is 1.37 bits per heavy atom. The predicted octanol–water partition coefficient (Wildman–Crippen LogP) is 13.0. The Bertz CT molecular complexity index is 2790. The summed E-state index contributed by atoms with van der Waals surface area (Å²) >= 11 is 0. The van der Waals surface area contributed by atoms with Gasteiger partial charge in [0.15, 0.2) is 0 Å². The van der Waals surface area contributed by atoms with Gasteiger partial charge in [-0.15, -0.1) is 0 Å². The molecule has 4 nitrogen and oxygen atoms in total. The smallest absolute Gasteiger partial charge is 0.149 e. The maximum absolute atomic E-state index is 11.6. The van der Waals surface area contributed by atoms with E-state index in [0.29, 0.717) is 22.6 Å². The number of imidazole rings is 1. The Kier molecular flexibility index (Phi) is 7.89. The van der Waals surface area contributed by atoms with Crippen molar-refractivity contribution in [2.45, 2.75) is 53.8 Å². The Balaban J connectivity index is 1.38. The van der Waals surface area contributed by atoms with Crippen LogP contribution in [0.1, 0.15) is 52.7 Å². The number of pyridine rings is 1. The lowest BCUT2D eigenvalue weighted by Crippen LogP contribution is -2.11. The Morgan fingerprint density at radius 3 is 2.13 bits per heavy atom. The van der Waals surface area contributed by atoms with Gasteiger partial charge in [-0.05, 0) is 132 Å². The molecule has 8 rings (SSSR count). The molecule has 8 aromatic rings. The number of aromatic nitrogens is 3. The highest BCUT2D eigenvalue weighted by Gasteiger charge is 2.23. The van der Waals surface area contributed by atoms with Gasteiger partial charge < -0.3 is 5.11 Å². The topological polar surface area (TPSA) is 50.9 Å². The highest BCUT2D eigenvalue weighted by Crippen LogP contribution is 2.41. The predicted molar refractivity (Wildman–Crippen MR) is 225 cm³/mol. The zero-order chi connectivity index (χ0) is 40.2. The first-order chi connectivity index (χ1) is 27.2. The van der Waals surface area contributed by atoms with Crippen LogP contribution in [0, 0.1) is 27.6 Å². The van der Waals surface area contributed by atoms with E-state index in [0.717, 1.165) is 66.8 Å². The number of fused-ring (bicyclic) bond motifs is 1. The third kappa shape index (κ3) is 6.49. The molecule has 1 N–H and O–H groups in total. The summed E-state index contributed by atoms with van der Waals surface area (Å²) in [6.45, 7) is 10.2. The molecule has 0 aliphatic rings. The van der Waals surface area contributed by atoms with Crippen LogP contribution in [0.15, 0.2) is 140 Å². The van der Waals surface area contributed by atoms with Crippen molar-refractivity contribution < 1.29 is 9.22 Å². The van der Waals surface area contributed by atoms with Crippen LogP contribution in [-0.4, -0.2) is 19.6 Å². The molecule has 0 fully saturated rings. The summed E-state index contributed by atoms with van der Waals surface area (Å²) < 4.78 is 27.8. The zero-order valence-electron chi connectivity index (χ0n) is 34.6. The van der Waals surface area contributed by atoms with Crippen LogP contribution in [0.3, 0.4) is 0 Å². The van der Waals surface area contributed by atoms with Crippen LogP contribution < -0.4 is 0 Å². The fourth-order valence-corrected chi connectivity index (χ4v) is 7.32. The van der Waals surface area contributed by atoms with Crippen molar-refractivity contribution in [3.8, 4) is 67.5 Å². The summed E-state index contributed by atoms with van der Waals surface area (Å²) in [5, 5.41) is 11.6. The number of phenolic OH excluding ortho intramolecular Hbond substituents is 1. The van der Waals surface area contributed by atoms with Gasteiger partial charge >= 0.3 is 0 Å². The number of hydrogen-bond acceptors (Lipinski definition) is 3. The number of aromatic hydroxyl groups is 1. The van der Waals surface area contributed by atoms with Crippen molar-refractivity contribution in [1.29, 1.82) is 0 Å². The van der Waals surface area contributed by atoms with Gasteiger partial charge in [0.25, 0.3) is 0 Å². The SMILES string of the molecule is [2H]C([2H])([2H])c1cc(-n2c(-c3cc(C)cc(C)c3O)nc3c(-c4cc(-c5cc(-c6ccc(C)cc6)ccn5)cc(C(C)(C)C)c4)cccc32)ccc1-c1ccccc1. The molecule has 4 heteroatoms. The average molecular weight is 707 g/mol. The molecule has 0 spiro atoms. The number of para-hydroxylation sites is 1. The molecule has 0 bridgehead atoms. The van der Waals surface area contributed by atoms with Crippen LogP contribution >= 0.6 is 0 Å². The summed E-state index contributed by atoms with van der Waals surface area (Å²) in [6.07, 6.45) is 1.87. The van der Waals surface area contributed by atoms with E-state index in [2.05, 4.69) is 82.3 Å². The first kappa shape index (κ1) is 31.3. The van der Waals surface area contributed by atoms with Crippen molar-refractivity contribution in [3.05, 3.63) is 167 Å². The summed E-state index contributed by atoms with van der Waals surface area (Å²) in [4.78, 5) is 10.2. The molecule has 0 aliphatic heterocycles. The Morgan fingerprint density at radius 1 is 0.593 bits per heavy atom. The van der Waals surface area contributed by atoms with Gasteiger partial charge in [-0.1, -0.05) is 111 Å². The fraction of sp³-hybridized carbons (Fsp3) is 0.160. The third-order valence-electron chi connectivity index (χ3n) is 10.3. The van der Waals surface area contributed by atoms with Gasteiger partial charge in [0.1, 0.15) is 11.6 Å². The lowest BCUT2D eigenvalue weighted by molar-refractivity contribution is 0.472. The van der Waals surface area contributed by atoms with Crippen molar-refractivity contribution in [1.82, 2.24) is 14.5 Å². The van der Waals surface area contributed by atoms with Gasteiger partial charge in [-0.25, -0.2) is 4.98 Å². The maximum Gasteiger partial charge on any atom is 0.149 e. The molecular formula is C50H45N3O. The zero-order valence-corrected chi connectivity index (χ0v) is 31.6. The normalized spacial score (nSPS) is 12.7. The quantitative estimate of drug-likeness (QED) is 0.187. The molecule has 54 heavy (non-hydrogen) atoms. The average Bonchev–Trinajstić information content (AvgIpc) is 3.58. The number of nitrogens with zero attached hydrogens (tertiary/aromatic N) is 3. The largest absolute Gasteiger partial charge is 0.507 e. The molecule has 0 amide bonds. The second-order valence-corrected chi connectivity index (χ2v) is 15.4. The summed E-state index contributed by atoms with van der Waals surface area (Å²) in [5.41, 5.74) is 14.3. The molecule has 0 aliphatic carbocycles. The van der Waals surface area contributed by atoms with Crippen LogP contribution in [-0.2, 0) is 5.41 Å². The van der Waals surface area contributed by atoms with Crippen LogP contribution in [0.5, 0.6) is 5.75 Å². The van der Waals surface area contributed by atoms with Crippen LogP contribution in [0.2, 0.25) is 0 Å². The van der Waals surface area contributed by atoms with E-state index in [1.807, 2.05) is 97.4 Å². The molecule has 0 radical (unpaired) electrons. The van der Waals surface area contributed by atoms with E-state index in [-0.39, 0.29) is 16.7 Å². The van der Waals surface area contributed by atoms with Gasteiger partial charge in [-0.2, -0.15) is 0 Å². The van der Waals surface area contributed by atoms with Crippen molar-refractivity contribution in [2.75, 3.05) is 0 Å². The maximum atomic E-state index is 11.6. The molecule has 266 valence electrons. The fourth-order valence-electron chi connectivity index (χ4n) is 7.32. The van der Waals surface area contributed by atoms with Crippen molar-refractivity contribution in [2.24, 2.45) is 0 Å². The first-order valence-electron chi connectivity index (χ1n) is 19.9. The van der Waals surface area contributed by atoms with E-state index in [1.165, 1.54) is 5.56 Å². The molecule has 6 aromatic carbocycles. The summed E-state index contributed by atoms with van der Waals surface area (Å²) in [6, 6.07) is 44.5. The van der Waals surface area contributed by atoms with Crippen LogP contribution in [0.25, 0.3) is 72.7 Å². The molecular weight excluding hydrogens is 659 g/mol. The minimum atomic E-state index is -2.39. The molecule has 0 unspecified atom stereocenters. The van der Waals surface area contributed by atoms with Gasteiger partial charge in [0.2, 0.25) is 0 Å². The van der Waals surface area contributed by atoms with E-state index in [4.69, 9.17) is 14.1 Å². The van der Waals surface area contributed by atoms with E-state index in [1.54, 1.807) is 6.07 Å². The van der Waals surface area contributed by atoms with E-state index < -0.39 is 6.85 Å². The standard InChI is InChI=1S/C50H45N3O/c1-31-16-18-35(19-17-31)37-22-23-51-45(30-37)39-27-38(28-40(29-39)50(5,6)7)43-14-11-15-46-47(43)52-49(44-25-32(2)24-34(4)48(44)54)53(46)41-20-21-42(33(3)26-41)36-12-9-8-10-13-36/h8-30,54H,1-7H3/i3D3. The van der Waals surface area contributed by atoms with Crippen LogP contribution in [0.4, 0.5) is 0 Å². The first-order valence-corrected chi connectivity index (χ1v) is 18.4. The number of rotatable bonds is 6. The molecule has 0 atom stereocenters.